The first kappa shape index (κ1) is 34.5. The number of aliphatic hydroxyl groups excluding tert-OH is 1. The summed E-state index contributed by atoms with van der Waals surface area (Å²) in [7, 11) is -2.68. The van der Waals surface area contributed by atoms with E-state index in [9.17, 15) is 14.8 Å². The van der Waals surface area contributed by atoms with Gasteiger partial charge in [0.25, 0.3) is 11.8 Å². The number of alkyl carbamates (subject to hydrolysis) is 1. The van der Waals surface area contributed by atoms with Crippen molar-refractivity contribution in [3.05, 3.63) is 78.8 Å². The van der Waals surface area contributed by atoms with Crippen LogP contribution in [0.3, 0.4) is 0 Å². The van der Waals surface area contributed by atoms with Crippen LogP contribution in [0.25, 0.3) is 0 Å². The Hall–Kier alpha value is -2.72. The van der Waals surface area contributed by atoms with Gasteiger partial charge in [-0.15, -0.1) is 0 Å². The molecule has 0 aliphatic rings. The van der Waals surface area contributed by atoms with Gasteiger partial charge in [-0.25, -0.2) is 4.79 Å². The second-order valence-corrected chi connectivity index (χ2v) is 13.5. The molecule has 0 fully saturated rings. The van der Waals surface area contributed by atoms with Crippen molar-refractivity contribution in [3.63, 3.8) is 0 Å². The molecular formula is C30H45NO9P+. The number of hydrogen-bond acceptors (Lipinski definition) is 9. The van der Waals surface area contributed by atoms with Crippen LogP contribution in [0.4, 0.5) is 4.79 Å². The van der Waals surface area contributed by atoms with Crippen LogP contribution in [0, 0.1) is 5.92 Å². The molecular weight excluding hydrogens is 549 g/mol. The summed E-state index contributed by atoms with van der Waals surface area (Å²) in [4.78, 5) is 24.9. The minimum atomic E-state index is -3.97. The Kier molecular flexibility index (Phi) is 12.6. The van der Waals surface area contributed by atoms with Gasteiger partial charge in [0.15, 0.2) is 6.29 Å². The Balaban J connectivity index is 2.43. The zero-order chi connectivity index (χ0) is 30.8. The van der Waals surface area contributed by atoms with E-state index in [-0.39, 0.29) is 12.6 Å². The lowest BCUT2D eigenvalue weighted by Crippen LogP contribution is -2.53. The van der Waals surface area contributed by atoms with Crippen LogP contribution in [0.2, 0.25) is 0 Å². The van der Waals surface area contributed by atoms with Crippen molar-refractivity contribution in [2.45, 2.75) is 84.5 Å². The molecule has 2 aromatic carbocycles. The maximum absolute atomic E-state index is 12.8. The van der Waals surface area contributed by atoms with E-state index in [4.69, 9.17) is 28.0 Å². The fraction of sp³-hybridized carbons (Fsp3) is 0.500. The topological polar surface area (TPSA) is 125 Å². The SMILES string of the molecule is C=C(Oc1ccccc1)OC([C@H](C)[C@H](NC(=O)OCc1ccccc1)C(O)OC)[P+](O)(OC(C)(C)C)OC(C)(C)C. The molecule has 0 bridgehead atoms. The summed E-state index contributed by atoms with van der Waals surface area (Å²) in [6.07, 6.45) is -2.32. The minimum Gasteiger partial charge on any atom is -0.445 e. The number of benzene rings is 2. The third kappa shape index (κ3) is 12.0. The van der Waals surface area contributed by atoms with E-state index in [1.165, 1.54) is 7.11 Å². The fourth-order valence-corrected chi connectivity index (χ4v) is 6.69. The molecule has 0 spiro atoms. The molecule has 1 amide bonds. The first-order valence-electron chi connectivity index (χ1n) is 13.3. The highest BCUT2D eigenvalue weighted by atomic mass is 31.2. The highest BCUT2D eigenvalue weighted by molar-refractivity contribution is 7.61. The first-order chi connectivity index (χ1) is 19.0. The summed E-state index contributed by atoms with van der Waals surface area (Å²) in [6, 6.07) is 16.8. The van der Waals surface area contributed by atoms with Crippen LogP contribution in [-0.2, 0) is 29.9 Å². The van der Waals surface area contributed by atoms with E-state index in [0.29, 0.717) is 5.75 Å². The molecule has 228 valence electrons. The summed E-state index contributed by atoms with van der Waals surface area (Å²) in [5, 5.41) is 13.5. The first-order valence-corrected chi connectivity index (χ1v) is 15.0. The van der Waals surface area contributed by atoms with Crippen molar-refractivity contribution in [2.24, 2.45) is 5.92 Å². The average Bonchev–Trinajstić information content (AvgIpc) is 2.87. The third-order valence-electron chi connectivity index (χ3n) is 5.42. The Bertz CT molecular complexity index is 1070. The molecule has 10 nitrogen and oxygen atoms in total. The summed E-state index contributed by atoms with van der Waals surface area (Å²) >= 11 is 0. The van der Waals surface area contributed by atoms with Crippen LogP contribution < -0.4 is 10.1 Å². The lowest BCUT2D eigenvalue weighted by molar-refractivity contribution is -0.119. The number of nitrogens with one attached hydrogen (secondary N) is 1. The van der Waals surface area contributed by atoms with E-state index in [1.54, 1.807) is 72.7 Å². The van der Waals surface area contributed by atoms with Crippen LogP contribution in [-0.4, -0.2) is 52.6 Å². The molecule has 11 heteroatoms. The van der Waals surface area contributed by atoms with Gasteiger partial charge in [0, 0.05) is 7.11 Å². The number of hydrogen-bond donors (Lipinski definition) is 3. The summed E-state index contributed by atoms with van der Waals surface area (Å²) in [5.74, 6) is -1.90. The van der Waals surface area contributed by atoms with Gasteiger partial charge in [0.2, 0.25) is 0 Å². The zero-order valence-electron chi connectivity index (χ0n) is 25.2. The number of para-hydroxylation sites is 1. The molecule has 0 aliphatic heterocycles. The molecule has 0 radical (unpaired) electrons. The van der Waals surface area contributed by atoms with Crippen molar-refractivity contribution >= 4 is 14.0 Å². The second kappa shape index (κ2) is 15.0. The van der Waals surface area contributed by atoms with Gasteiger partial charge in [0.1, 0.15) is 23.6 Å². The molecule has 41 heavy (non-hydrogen) atoms. The quantitative estimate of drug-likeness (QED) is 0.134. The number of carbonyl (C=O) groups is 1. The minimum absolute atomic E-state index is 0.00963. The predicted molar refractivity (Wildman–Crippen MR) is 158 cm³/mol. The van der Waals surface area contributed by atoms with Crippen molar-refractivity contribution < 1.29 is 42.8 Å². The highest BCUT2D eigenvalue weighted by Gasteiger charge is 2.62. The van der Waals surface area contributed by atoms with E-state index in [2.05, 4.69) is 11.9 Å². The molecule has 2 aromatic rings. The summed E-state index contributed by atoms with van der Waals surface area (Å²) in [6.45, 7) is 16.1. The third-order valence-corrected chi connectivity index (χ3v) is 8.26. The summed E-state index contributed by atoms with van der Waals surface area (Å²) < 4.78 is 34.8. The Morgan fingerprint density at radius 2 is 1.46 bits per heavy atom. The molecule has 2 unspecified atom stereocenters. The van der Waals surface area contributed by atoms with E-state index >= 15 is 0 Å². The van der Waals surface area contributed by atoms with Crippen LogP contribution in [0.1, 0.15) is 54.0 Å². The molecule has 0 aliphatic carbocycles. The number of aliphatic hydroxyl groups is 1. The van der Waals surface area contributed by atoms with E-state index < -0.39 is 49.3 Å². The largest absolute Gasteiger partial charge is 0.454 e. The molecule has 0 heterocycles. The molecule has 0 saturated heterocycles. The highest BCUT2D eigenvalue weighted by Crippen LogP contribution is 2.68. The Labute approximate surface area is 244 Å². The Morgan fingerprint density at radius 3 is 1.95 bits per heavy atom. The van der Waals surface area contributed by atoms with Gasteiger partial charge in [-0.05, 0) is 65.8 Å². The molecule has 2 rings (SSSR count). The maximum atomic E-state index is 12.8. The van der Waals surface area contributed by atoms with Crippen molar-refractivity contribution in [1.82, 2.24) is 5.32 Å². The van der Waals surface area contributed by atoms with Crippen LogP contribution in [0.15, 0.2) is 73.2 Å². The van der Waals surface area contributed by atoms with Gasteiger partial charge < -0.3 is 29.4 Å². The molecule has 0 saturated carbocycles. The van der Waals surface area contributed by atoms with Gasteiger partial charge >= 0.3 is 14.0 Å². The normalized spacial score (nSPS) is 15.3. The van der Waals surface area contributed by atoms with Gasteiger partial charge in [0.05, 0.1) is 12.0 Å². The Morgan fingerprint density at radius 1 is 0.951 bits per heavy atom. The fourth-order valence-electron chi connectivity index (χ4n) is 3.84. The van der Waals surface area contributed by atoms with Crippen molar-refractivity contribution in [2.75, 3.05) is 7.11 Å². The monoisotopic (exact) mass is 594 g/mol. The lowest BCUT2D eigenvalue weighted by atomic mass is 10.0. The smallest absolute Gasteiger partial charge is 0.445 e. The molecule has 3 N–H and O–H groups in total. The van der Waals surface area contributed by atoms with Gasteiger partial charge in [-0.2, -0.15) is 13.9 Å². The second-order valence-electron chi connectivity index (χ2n) is 11.5. The number of ether oxygens (including phenoxy) is 4. The predicted octanol–water partition coefficient (Wildman–Crippen LogP) is 6.16. The number of rotatable bonds is 14. The van der Waals surface area contributed by atoms with Crippen LogP contribution >= 0.6 is 7.94 Å². The molecule has 4 atom stereocenters. The maximum Gasteiger partial charge on any atom is 0.454 e. The van der Waals surface area contributed by atoms with Crippen molar-refractivity contribution in [3.8, 4) is 5.75 Å². The van der Waals surface area contributed by atoms with Gasteiger partial charge in [-0.1, -0.05) is 55.5 Å². The molecule has 0 aromatic heterocycles. The summed E-state index contributed by atoms with van der Waals surface area (Å²) in [5.41, 5.74) is -0.949. The van der Waals surface area contributed by atoms with E-state index in [1.807, 2.05) is 36.4 Å². The van der Waals surface area contributed by atoms with Crippen molar-refractivity contribution in [1.29, 1.82) is 0 Å². The number of amides is 1. The average molecular weight is 595 g/mol. The number of methoxy groups -OCH3 is 1. The van der Waals surface area contributed by atoms with E-state index in [0.717, 1.165) is 5.56 Å². The number of carbonyl (C=O) groups excluding carboxylic acids is 1. The lowest BCUT2D eigenvalue weighted by Gasteiger charge is -2.38. The zero-order valence-corrected chi connectivity index (χ0v) is 26.1. The van der Waals surface area contributed by atoms with Crippen LogP contribution in [0.5, 0.6) is 5.75 Å². The standard InChI is InChI=1S/C30H44NO9P/c1-21(25(26(32)35-9)31-28(33)36-20-23-16-12-10-13-17-23)27(38-22(2)37-24-18-14-11-15-19-24)41(34,39-29(3,4)5)40-30(6,7)8/h10-19,21,25-27,32,34H,2,20H2,1,3-9H3/p+1/t21-,25+,26?,27?/m1/s1. The van der Waals surface area contributed by atoms with Gasteiger partial charge in [-0.3, -0.25) is 0 Å².